The van der Waals surface area contributed by atoms with Gasteiger partial charge in [0.2, 0.25) is 0 Å². The van der Waals surface area contributed by atoms with Crippen LogP contribution in [0.2, 0.25) is 5.02 Å². The molecular weight excluding hydrogens is 271 g/mol. The minimum Gasteiger partial charge on any atom is -0.396 e. The first kappa shape index (κ1) is 14.1. The van der Waals surface area contributed by atoms with Crippen LogP contribution in [0.25, 0.3) is 0 Å². The van der Waals surface area contributed by atoms with E-state index < -0.39 is 5.82 Å². The minimum absolute atomic E-state index is 0.0493. The van der Waals surface area contributed by atoms with Crippen molar-refractivity contribution >= 4 is 17.6 Å². The van der Waals surface area contributed by atoms with E-state index in [1.165, 1.54) is 12.1 Å². The number of carbonyl (C=O) groups excluding carboxylic acids is 1. The molecule has 6 heteroatoms. The molecule has 0 saturated carbocycles. The Bertz CT molecular complexity index is 470. The lowest BCUT2D eigenvalue weighted by molar-refractivity contribution is 0.198. The average molecular weight is 287 g/mol. The maximum atomic E-state index is 13.0. The summed E-state index contributed by atoms with van der Waals surface area (Å²) in [5, 5.41) is 11.8. The van der Waals surface area contributed by atoms with E-state index in [1.54, 1.807) is 11.0 Å². The summed E-state index contributed by atoms with van der Waals surface area (Å²) in [6.07, 6.45) is 0.826. The first-order chi connectivity index (χ1) is 9.10. The highest BCUT2D eigenvalue weighted by Crippen LogP contribution is 2.17. The van der Waals surface area contributed by atoms with E-state index in [-0.39, 0.29) is 23.6 Å². The van der Waals surface area contributed by atoms with Crippen molar-refractivity contribution in [2.75, 3.05) is 19.7 Å². The Labute approximate surface area is 116 Å². The van der Waals surface area contributed by atoms with Crippen LogP contribution in [0.5, 0.6) is 0 Å². The van der Waals surface area contributed by atoms with Gasteiger partial charge in [-0.05, 0) is 24.1 Å². The number of hydrogen-bond donors (Lipinski definition) is 2. The molecule has 0 bridgehead atoms. The van der Waals surface area contributed by atoms with Crippen molar-refractivity contribution in [3.05, 3.63) is 34.6 Å². The van der Waals surface area contributed by atoms with Crippen molar-refractivity contribution < 1.29 is 14.3 Å². The molecule has 1 aliphatic heterocycles. The van der Waals surface area contributed by atoms with Gasteiger partial charge in [-0.1, -0.05) is 17.7 Å². The van der Waals surface area contributed by atoms with Gasteiger partial charge in [0.1, 0.15) is 5.82 Å². The van der Waals surface area contributed by atoms with Gasteiger partial charge in [0.25, 0.3) is 0 Å². The highest BCUT2D eigenvalue weighted by atomic mass is 35.5. The second-order valence-electron chi connectivity index (χ2n) is 4.69. The number of rotatable bonds is 3. The van der Waals surface area contributed by atoms with Crippen LogP contribution >= 0.6 is 11.6 Å². The molecular formula is C13H16ClFN2O2. The summed E-state index contributed by atoms with van der Waals surface area (Å²) in [6.45, 7) is 1.64. The molecule has 0 spiro atoms. The zero-order chi connectivity index (χ0) is 13.8. The molecule has 1 aliphatic rings. The average Bonchev–Trinajstić information content (AvgIpc) is 2.88. The van der Waals surface area contributed by atoms with Gasteiger partial charge in [-0.25, -0.2) is 9.18 Å². The molecule has 1 heterocycles. The van der Waals surface area contributed by atoms with Gasteiger partial charge in [-0.3, -0.25) is 0 Å². The number of halogens is 2. The molecule has 0 aliphatic carbocycles. The molecule has 19 heavy (non-hydrogen) atoms. The quantitative estimate of drug-likeness (QED) is 0.893. The zero-order valence-electron chi connectivity index (χ0n) is 10.4. The number of benzene rings is 1. The first-order valence-electron chi connectivity index (χ1n) is 6.17. The number of urea groups is 1. The third-order valence-corrected chi connectivity index (χ3v) is 3.55. The van der Waals surface area contributed by atoms with Gasteiger partial charge in [-0.2, -0.15) is 0 Å². The number of amides is 2. The second-order valence-corrected chi connectivity index (χ2v) is 5.10. The fraction of sp³-hybridized carbons (Fsp3) is 0.462. The molecule has 1 unspecified atom stereocenters. The zero-order valence-corrected chi connectivity index (χ0v) is 11.2. The molecule has 0 aromatic heterocycles. The Kier molecular flexibility index (Phi) is 4.61. The van der Waals surface area contributed by atoms with Crippen LogP contribution in [0.4, 0.5) is 9.18 Å². The van der Waals surface area contributed by atoms with Crippen molar-refractivity contribution in [2.24, 2.45) is 5.92 Å². The fourth-order valence-corrected chi connectivity index (χ4v) is 2.31. The summed E-state index contributed by atoms with van der Waals surface area (Å²) in [4.78, 5) is 13.5. The Morgan fingerprint density at radius 3 is 3.00 bits per heavy atom. The standard InChI is InChI=1S/C13H16ClFN2O2/c14-11-5-9(1-2-12(11)15)6-16-13(19)17-4-3-10(7-17)8-18/h1-2,5,10,18H,3-4,6-8H2,(H,16,19). The Balaban J connectivity index is 1.85. The van der Waals surface area contributed by atoms with Crippen LogP contribution in [0.3, 0.4) is 0 Å². The number of aliphatic hydroxyl groups is 1. The predicted molar refractivity (Wildman–Crippen MR) is 70.4 cm³/mol. The van der Waals surface area contributed by atoms with E-state index in [0.717, 1.165) is 12.0 Å². The summed E-state index contributed by atoms with van der Waals surface area (Å²) < 4.78 is 13.0. The molecule has 2 rings (SSSR count). The molecule has 1 atom stereocenters. The summed E-state index contributed by atoms with van der Waals surface area (Å²) in [6, 6.07) is 4.19. The lowest BCUT2D eigenvalue weighted by Crippen LogP contribution is -2.38. The molecule has 104 valence electrons. The number of hydrogen-bond acceptors (Lipinski definition) is 2. The Morgan fingerprint density at radius 1 is 1.58 bits per heavy atom. The molecule has 1 aromatic rings. The monoisotopic (exact) mass is 286 g/mol. The van der Waals surface area contributed by atoms with Crippen molar-refractivity contribution in [1.82, 2.24) is 10.2 Å². The fourth-order valence-electron chi connectivity index (χ4n) is 2.11. The van der Waals surface area contributed by atoms with E-state index in [0.29, 0.717) is 19.6 Å². The van der Waals surface area contributed by atoms with Crippen molar-refractivity contribution in [3.63, 3.8) is 0 Å². The third-order valence-electron chi connectivity index (χ3n) is 3.26. The van der Waals surface area contributed by atoms with Crippen LogP contribution in [0, 0.1) is 11.7 Å². The topological polar surface area (TPSA) is 52.6 Å². The van der Waals surface area contributed by atoms with Gasteiger partial charge in [-0.15, -0.1) is 0 Å². The van der Waals surface area contributed by atoms with E-state index >= 15 is 0 Å². The number of nitrogens with zero attached hydrogens (tertiary/aromatic N) is 1. The molecule has 2 N–H and O–H groups in total. The lowest BCUT2D eigenvalue weighted by Gasteiger charge is -2.17. The lowest BCUT2D eigenvalue weighted by atomic mass is 10.1. The number of likely N-dealkylation sites (tertiary alicyclic amines) is 1. The normalized spacial score (nSPS) is 18.7. The number of nitrogens with one attached hydrogen (secondary N) is 1. The Morgan fingerprint density at radius 2 is 2.37 bits per heavy atom. The first-order valence-corrected chi connectivity index (χ1v) is 6.55. The molecule has 1 aromatic carbocycles. The molecule has 0 radical (unpaired) electrons. The summed E-state index contributed by atoms with van der Waals surface area (Å²) in [5.74, 6) is -0.298. The van der Waals surface area contributed by atoms with E-state index in [2.05, 4.69) is 5.32 Å². The van der Waals surface area contributed by atoms with Crippen molar-refractivity contribution in [3.8, 4) is 0 Å². The summed E-state index contributed by atoms with van der Waals surface area (Å²) in [5.41, 5.74) is 0.748. The van der Waals surface area contributed by atoms with Crippen LogP contribution in [-0.2, 0) is 6.54 Å². The third kappa shape index (κ3) is 3.58. The van der Waals surface area contributed by atoms with E-state index in [9.17, 15) is 9.18 Å². The van der Waals surface area contributed by atoms with Gasteiger partial charge in [0.05, 0.1) is 5.02 Å². The smallest absolute Gasteiger partial charge is 0.317 e. The van der Waals surface area contributed by atoms with Gasteiger partial charge < -0.3 is 15.3 Å². The SMILES string of the molecule is O=C(NCc1ccc(F)c(Cl)c1)N1CCC(CO)C1. The van der Waals surface area contributed by atoms with Gasteiger partial charge >= 0.3 is 6.03 Å². The molecule has 1 fully saturated rings. The summed E-state index contributed by atoms with van der Waals surface area (Å²) in [7, 11) is 0. The van der Waals surface area contributed by atoms with Crippen LogP contribution in [0.15, 0.2) is 18.2 Å². The van der Waals surface area contributed by atoms with Crippen molar-refractivity contribution in [2.45, 2.75) is 13.0 Å². The second kappa shape index (κ2) is 6.21. The minimum atomic E-state index is -0.470. The van der Waals surface area contributed by atoms with Gasteiger partial charge in [0, 0.05) is 32.2 Å². The molecule has 4 nitrogen and oxygen atoms in total. The van der Waals surface area contributed by atoms with E-state index in [1.807, 2.05) is 0 Å². The maximum Gasteiger partial charge on any atom is 0.317 e. The predicted octanol–water partition coefficient (Wildman–Crippen LogP) is 2.00. The van der Waals surface area contributed by atoms with Crippen LogP contribution in [-0.4, -0.2) is 35.7 Å². The Hall–Kier alpha value is -1.33. The molecule has 1 saturated heterocycles. The van der Waals surface area contributed by atoms with Crippen molar-refractivity contribution in [1.29, 1.82) is 0 Å². The number of carbonyl (C=O) groups is 1. The largest absolute Gasteiger partial charge is 0.396 e. The van der Waals surface area contributed by atoms with Crippen LogP contribution in [0.1, 0.15) is 12.0 Å². The highest BCUT2D eigenvalue weighted by molar-refractivity contribution is 6.30. The summed E-state index contributed by atoms with van der Waals surface area (Å²) >= 11 is 5.67. The highest BCUT2D eigenvalue weighted by Gasteiger charge is 2.25. The van der Waals surface area contributed by atoms with Crippen LogP contribution < -0.4 is 5.32 Å². The molecule has 2 amide bonds. The maximum absolute atomic E-state index is 13.0. The van der Waals surface area contributed by atoms with E-state index in [4.69, 9.17) is 16.7 Å². The van der Waals surface area contributed by atoms with Gasteiger partial charge in [0.15, 0.2) is 0 Å². The number of aliphatic hydroxyl groups excluding tert-OH is 1.